The van der Waals surface area contributed by atoms with Crippen LogP contribution in [0.4, 0.5) is 8.78 Å². The Balaban J connectivity index is 3.38. The Morgan fingerprint density at radius 2 is 2.16 bits per heavy atom. The van der Waals surface area contributed by atoms with Crippen molar-refractivity contribution in [2.45, 2.75) is 13.5 Å². The van der Waals surface area contributed by atoms with Gasteiger partial charge in [0.15, 0.2) is 0 Å². The Labute approximate surface area is 108 Å². The first-order chi connectivity index (χ1) is 9.03. The Morgan fingerprint density at radius 1 is 1.47 bits per heavy atom. The number of esters is 1. The summed E-state index contributed by atoms with van der Waals surface area (Å²) in [7, 11) is 1.30. The number of nitriles is 1. The van der Waals surface area contributed by atoms with Gasteiger partial charge in [-0.1, -0.05) is 0 Å². The maximum absolute atomic E-state index is 12.3. The van der Waals surface area contributed by atoms with E-state index in [1.165, 1.54) is 13.2 Å². The highest BCUT2D eigenvalue weighted by Gasteiger charge is 2.23. The lowest BCUT2D eigenvalue weighted by Crippen LogP contribution is -2.12. The summed E-state index contributed by atoms with van der Waals surface area (Å²) in [5.41, 5.74) is -0.501. The van der Waals surface area contributed by atoms with Crippen molar-refractivity contribution in [1.82, 2.24) is 0 Å². The summed E-state index contributed by atoms with van der Waals surface area (Å²) in [4.78, 5) is 11.7. The third-order valence-corrected chi connectivity index (χ3v) is 2.13. The highest BCUT2D eigenvalue weighted by Crippen LogP contribution is 2.30. The molecule has 1 aromatic carbocycles. The molecule has 0 aromatic heterocycles. The van der Waals surface area contributed by atoms with Crippen LogP contribution in [-0.2, 0) is 4.74 Å². The molecule has 0 saturated carbocycles. The number of hydrogen-bond donors (Lipinski definition) is 0. The zero-order valence-electron chi connectivity index (χ0n) is 10.3. The van der Waals surface area contributed by atoms with E-state index in [1.54, 1.807) is 13.0 Å². The first-order valence-corrected chi connectivity index (χ1v) is 5.27. The van der Waals surface area contributed by atoms with Gasteiger partial charge in [-0.25, -0.2) is 4.79 Å². The van der Waals surface area contributed by atoms with Gasteiger partial charge < -0.3 is 14.2 Å². The lowest BCUT2D eigenvalue weighted by molar-refractivity contribution is -0.0505. The van der Waals surface area contributed by atoms with Crippen LogP contribution in [0.3, 0.4) is 0 Å². The number of ether oxygens (including phenoxy) is 3. The molecule has 1 rings (SSSR count). The van der Waals surface area contributed by atoms with Crippen molar-refractivity contribution in [2.24, 2.45) is 0 Å². The second-order valence-electron chi connectivity index (χ2n) is 3.26. The standard InChI is InChI=1S/C12H11F2NO4/c1-3-18-11(16)10-7(6-15)4-8(17-2)5-9(10)19-12(13)14/h4-5,12H,3H2,1-2H3. The lowest BCUT2D eigenvalue weighted by atomic mass is 10.1. The van der Waals surface area contributed by atoms with Crippen molar-refractivity contribution in [3.8, 4) is 17.6 Å². The van der Waals surface area contributed by atoms with Crippen molar-refractivity contribution in [1.29, 1.82) is 5.26 Å². The molecule has 0 saturated heterocycles. The third-order valence-electron chi connectivity index (χ3n) is 2.13. The van der Waals surface area contributed by atoms with Crippen molar-refractivity contribution in [2.75, 3.05) is 13.7 Å². The van der Waals surface area contributed by atoms with Gasteiger partial charge in [-0.3, -0.25) is 0 Å². The Morgan fingerprint density at radius 3 is 2.63 bits per heavy atom. The smallest absolute Gasteiger partial charge is 0.387 e. The summed E-state index contributed by atoms with van der Waals surface area (Å²) in [6, 6.07) is 4.05. The monoisotopic (exact) mass is 271 g/mol. The molecule has 0 unspecified atom stereocenters. The highest BCUT2D eigenvalue weighted by atomic mass is 19.3. The Bertz CT molecular complexity index is 511. The van der Waals surface area contributed by atoms with Crippen LogP contribution in [0.1, 0.15) is 22.8 Å². The van der Waals surface area contributed by atoms with E-state index in [9.17, 15) is 13.6 Å². The molecule has 0 atom stereocenters. The number of carbonyl (C=O) groups excluding carboxylic acids is 1. The maximum atomic E-state index is 12.3. The molecule has 0 radical (unpaired) electrons. The second-order valence-corrected chi connectivity index (χ2v) is 3.26. The summed E-state index contributed by atoms with van der Waals surface area (Å²) >= 11 is 0. The molecule has 0 aliphatic carbocycles. The summed E-state index contributed by atoms with van der Waals surface area (Å²) in [6.07, 6.45) is 0. The number of carbonyl (C=O) groups is 1. The first-order valence-electron chi connectivity index (χ1n) is 5.27. The van der Waals surface area contributed by atoms with Gasteiger partial charge in [0.2, 0.25) is 0 Å². The normalized spacial score (nSPS) is 9.89. The zero-order chi connectivity index (χ0) is 14.4. The van der Waals surface area contributed by atoms with E-state index in [0.717, 1.165) is 6.07 Å². The molecule has 0 amide bonds. The minimum absolute atomic E-state index is 0.0455. The quantitative estimate of drug-likeness (QED) is 0.769. The molecule has 0 heterocycles. The predicted molar refractivity (Wildman–Crippen MR) is 60.3 cm³/mol. The van der Waals surface area contributed by atoms with Gasteiger partial charge in [-0.05, 0) is 13.0 Å². The van der Waals surface area contributed by atoms with Crippen LogP contribution < -0.4 is 9.47 Å². The molecule has 102 valence electrons. The Kier molecular flexibility index (Phi) is 5.06. The fraction of sp³-hybridized carbons (Fsp3) is 0.333. The van der Waals surface area contributed by atoms with Crippen molar-refractivity contribution in [3.63, 3.8) is 0 Å². The van der Waals surface area contributed by atoms with Crippen LogP contribution >= 0.6 is 0 Å². The van der Waals surface area contributed by atoms with E-state index in [-0.39, 0.29) is 23.5 Å². The van der Waals surface area contributed by atoms with Crippen LogP contribution in [0, 0.1) is 11.3 Å². The number of alkyl halides is 2. The van der Waals surface area contributed by atoms with Crippen LogP contribution in [-0.4, -0.2) is 26.3 Å². The van der Waals surface area contributed by atoms with E-state index >= 15 is 0 Å². The van der Waals surface area contributed by atoms with Crippen molar-refractivity contribution >= 4 is 5.97 Å². The summed E-state index contributed by atoms with van der Waals surface area (Å²) in [6.45, 7) is -1.53. The van der Waals surface area contributed by atoms with Gasteiger partial charge in [0.05, 0.1) is 19.3 Å². The van der Waals surface area contributed by atoms with Gasteiger partial charge in [-0.2, -0.15) is 14.0 Å². The van der Waals surface area contributed by atoms with Crippen LogP contribution in [0.2, 0.25) is 0 Å². The molecular weight excluding hydrogens is 260 g/mol. The highest BCUT2D eigenvalue weighted by molar-refractivity contribution is 5.95. The topological polar surface area (TPSA) is 68.6 Å². The van der Waals surface area contributed by atoms with Gasteiger partial charge in [-0.15, -0.1) is 0 Å². The lowest BCUT2D eigenvalue weighted by Gasteiger charge is -2.13. The van der Waals surface area contributed by atoms with Gasteiger partial charge >= 0.3 is 12.6 Å². The molecule has 1 aromatic rings. The minimum atomic E-state index is -3.13. The van der Waals surface area contributed by atoms with Gasteiger partial charge in [0.1, 0.15) is 23.1 Å². The maximum Gasteiger partial charge on any atom is 0.387 e. The number of hydrogen-bond acceptors (Lipinski definition) is 5. The molecule has 0 fully saturated rings. The van der Waals surface area contributed by atoms with Crippen molar-refractivity contribution < 1.29 is 27.8 Å². The third kappa shape index (κ3) is 3.55. The Hall–Kier alpha value is -2.36. The fourth-order valence-corrected chi connectivity index (χ4v) is 1.40. The molecule has 5 nitrogen and oxygen atoms in total. The zero-order valence-corrected chi connectivity index (χ0v) is 10.3. The number of methoxy groups -OCH3 is 1. The van der Waals surface area contributed by atoms with Crippen LogP contribution in [0.15, 0.2) is 12.1 Å². The number of halogens is 2. The molecule has 0 N–H and O–H groups in total. The van der Waals surface area contributed by atoms with E-state index in [0.29, 0.717) is 0 Å². The van der Waals surface area contributed by atoms with Gasteiger partial charge in [0.25, 0.3) is 0 Å². The molecule has 0 bridgehead atoms. The summed E-state index contributed by atoms with van der Waals surface area (Å²) in [5.74, 6) is -1.23. The summed E-state index contributed by atoms with van der Waals surface area (Å²) in [5, 5.41) is 8.96. The van der Waals surface area contributed by atoms with Gasteiger partial charge in [0, 0.05) is 6.07 Å². The molecule has 0 aliphatic rings. The van der Waals surface area contributed by atoms with Crippen LogP contribution in [0.25, 0.3) is 0 Å². The second kappa shape index (κ2) is 6.54. The predicted octanol–water partition coefficient (Wildman–Crippen LogP) is 2.34. The molecule has 19 heavy (non-hydrogen) atoms. The van der Waals surface area contributed by atoms with E-state index < -0.39 is 18.3 Å². The SMILES string of the molecule is CCOC(=O)c1c(C#N)cc(OC)cc1OC(F)F. The molecule has 7 heteroatoms. The molecule has 0 aliphatic heterocycles. The average Bonchev–Trinajstić information content (AvgIpc) is 2.37. The first kappa shape index (κ1) is 14.7. The summed E-state index contributed by atoms with van der Waals surface area (Å²) < 4.78 is 38.4. The van der Waals surface area contributed by atoms with Crippen molar-refractivity contribution in [3.05, 3.63) is 23.3 Å². The number of rotatable bonds is 5. The number of benzene rings is 1. The number of nitrogens with zero attached hydrogens (tertiary/aromatic N) is 1. The van der Waals surface area contributed by atoms with Crippen LogP contribution in [0.5, 0.6) is 11.5 Å². The average molecular weight is 271 g/mol. The molecular formula is C12H11F2NO4. The van der Waals surface area contributed by atoms with E-state index in [4.69, 9.17) is 14.7 Å². The molecule has 0 spiro atoms. The fourth-order valence-electron chi connectivity index (χ4n) is 1.40. The van der Waals surface area contributed by atoms with E-state index in [1.807, 2.05) is 0 Å². The largest absolute Gasteiger partial charge is 0.497 e. The van der Waals surface area contributed by atoms with E-state index in [2.05, 4.69) is 4.74 Å². The minimum Gasteiger partial charge on any atom is -0.497 e.